The van der Waals surface area contributed by atoms with Crippen molar-refractivity contribution < 1.29 is 13.9 Å². The number of Topliss-reactive ketones (excluding diaryl/α,β-unsaturated/α-hetero) is 1. The van der Waals surface area contributed by atoms with Gasteiger partial charge in [0, 0.05) is 29.2 Å². The number of aromatic nitrogens is 3. The Morgan fingerprint density at radius 3 is 2.96 bits per heavy atom. The highest BCUT2D eigenvalue weighted by Gasteiger charge is 2.40. The summed E-state index contributed by atoms with van der Waals surface area (Å²) in [4.78, 5) is 17.6. The summed E-state index contributed by atoms with van der Waals surface area (Å²) < 4.78 is 13.2. The lowest BCUT2D eigenvalue weighted by molar-refractivity contribution is -0.117. The molecule has 2 aliphatic rings. The van der Waals surface area contributed by atoms with Gasteiger partial charge >= 0.3 is 0 Å². The van der Waals surface area contributed by atoms with Gasteiger partial charge in [0.1, 0.15) is 23.9 Å². The lowest BCUT2D eigenvalue weighted by atomic mass is 9.79. The minimum atomic E-state index is -0.360. The Kier molecular flexibility index (Phi) is 4.00. The number of allylic oxidation sites excluding steroid dienone is 2. The summed E-state index contributed by atoms with van der Waals surface area (Å²) in [6.45, 7) is 2.50. The Balaban J connectivity index is 1.63. The molecule has 0 saturated carbocycles. The van der Waals surface area contributed by atoms with Crippen LogP contribution in [0.1, 0.15) is 43.0 Å². The molecule has 7 nitrogen and oxygen atoms in total. The molecule has 0 spiro atoms. The van der Waals surface area contributed by atoms with Gasteiger partial charge in [0.15, 0.2) is 5.78 Å². The van der Waals surface area contributed by atoms with Crippen LogP contribution in [0.3, 0.4) is 0 Å². The number of hydrogen-bond acceptors (Lipinski definition) is 6. The molecule has 7 heteroatoms. The molecule has 28 heavy (non-hydrogen) atoms. The minimum Gasteiger partial charge on any atom is -0.494 e. The first-order valence-corrected chi connectivity index (χ1v) is 9.44. The summed E-state index contributed by atoms with van der Waals surface area (Å²) in [6, 6.07) is 11.2. The standard InChI is InChI=1S/C21H20N4O3/c1-2-27-18-7-4-3-6-14(18)20-19-15(24-21-22-12-23-25(20)21)10-13(11-16(19)26)17-8-5-9-28-17/h3-9,12-13,20H,2,10-11H2,1H3,(H,22,23,24)/t13-,20+/m1/s1. The van der Waals surface area contributed by atoms with Crippen LogP contribution < -0.4 is 10.1 Å². The number of carbonyl (C=O) groups is 1. The predicted molar refractivity (Wildman–Crippen MR) is 102 cm³/mol. The van der Waals surface area contributed by atoms with Gasteiger partial charge in [-0.2, -0.15) is 10.1 Å². The first kappa shape index (κ1) is 16.8. The quantitative estimate of drug-likeness (QED) is 0.748. The third-order valence-electron chi connectivity index (χ3n) is 5.32. The van der Waals surface area contributed by atoms with Crippen LogP contribution in [0.15, 0.2) is 64.7 Å². The molecule has 142 valence electrons. The van der Waals surface area contributed by atoms with Crippen molar-refractivity contribution in [1.29, 1.82) is 0 Å². The van der Waals surface area contributed by atoms with E-state index in [1.54, 1.807) is 10.9 Å². The number of carbonyl (C=O) groups excluding carboxylic acids is 1. The zero-order valence-corrected chi connectivity index (χ0v) is 15.5. The van der Waals surface area contributed by atoms with E-state index in [0.717, 1.165) is 28.3 Å². The van der Waals surface area contributed by atoms with Crippen LogP contribution >= 0.6 is 0 Å². The number of rotatable bonds is 4. The van der Waals surface area contributed by atoms with Crippen molar-refractivity contribution in [1.82, 2.24) is 14.8 Å². The number of nitrogens with one attached hydrogen (secondary N) is 1. The number of anilines is 1. The van der Waals surface area contributed by atoms with Crippen LogP contribution in [0.4, 0.5) is 5.95 Å². The van der Waals surface area contributed by atoms with Gasteiger partial charge in [-0.3, -0.25) is 4.79 Å². The van der Waals surface area contributed by atoms with Gasteiger partial charge in [-0.05, 0) is 31.5 Å². The monoisotopic (exact) mass is 376 g/mol. The Bertz CT molecular complexity index is 1050. The lowest BCUT2D eigenvalue weighted by Crippen LogP contribution is -2.33. The summed E-state index contributed by atoms with van der Waals surface area (Å²) in [7, 11) is 0. The van der Waals surface area contributed by atoms with E-state index in [1.165, 1.54) is 6.33 Å². The molecule has 0 saturated heterocycles. The Labute approximate surface area is 162 Å². The Hall–Kier alpha value is -3.35. The van der Waals surface area contributed by atoms with Crippen molar-refractivity contribution in [3.63, 3.8) is 0 Å². The largest absolute Gasteiger partial charge is 0.494 e. The van der Waals surface area contributed by atoms with Crippen molar-refractivity contribution in [2.24, 2.45) is 0 Å². The van der Waals surface area contributed by atoms with Gasteiger partial charge in [0.25, 0.3) is 0 Å². The average Bonchev–Trinajstić information content (AvgIpc) is 3.39. The first-order chi connectivity index (χ1) is 13.8. The zero-order valence-electron chi connectivity index (χ0n) is 15.5. The maximum atomic E-state index is 13.3. The molecule has 1 aromatic carbocycles. The molecule has 3 heterocycles. The maximum Gasteiger partial charge on any atom is 0.226 e. The third-order valence-corrected chi connectivity index (χ3v) is 5.32. The highest BCUT2D eigenvalue weighted by Crippen LogP contribution is 2.45. The summed E-state index contributed by atoms with van der Waals surface area (Å²) in [5, 5.41) is 7.71. The van der Waals surface area contributed by atoms with Crippen LogP contribution in [0.25, 0.3) is 0 Å². The topological polar surface area (TPSA) is 82.2 Å². The van der Waals surface area contributed by atoms with Crippen LogP contribution in [-0.4, -0.2) is 27.2 Å². The highest BCUT2D eigenvalue weighted by atomic mass is 16.5. The molecule has 0 unspecified atom stereocenters. The van der Waals surface area contributed by atoms with Gasteiger partial charge < -0.3 is 14.5 Å². The number of ether oxygens (including phenoxy) is 1. The smallest absolute Gasteiger partial charge is 0.226 e. The van der Waals surface area contributed by atoms with Gasteiger partial charge in [-0.25, -0.2) is 4.68 Å². The van der Waals surface area contributed by atoms with Crippen molar-refractivity contribution in [2.75, 3.05) is 11.9 Å². The van der Waals surface area contributed by atoms with E-state index in [9.17, 15) is 4.79 Å². The number of benzene rings is 1. The van der Waals surface area contributed by atoms with E-state index in [0.29, 0.717) is 25.4 Å². The molecule has 0 fully saturated rings. The van der Waals surface area contributed by atoms with E-state index >= 15 is 0 Å². The molecule has 2 atom stereocenters. The van der Waals surface area contributed by atoms with Crippen LogP contribution in [0, 0.1) is 0 Å². The van der Waals surface area contributed by atoms with Crippen LogP contribution in [0.5, 0.6) is 5.75 Å². The number of para-hydroxylation sites is 1. The minimum absolute atomic E-state index is 0.0195. The summed E-state index contributed by atoms with van der Waals surface area (Å²) >= 11 is 0. The fourth-order valence-electron chi connectivity index (χ4n) is 4.16. The molecular weight excluding hydrogens is 356 g/mol. The maximum absolute atomic E-state index is 13.3. The molecular formula is C21H20N4O3. The van der Waals surface area contributed by atoms with Gasteiger partial charge in [-0.15, -0.1) is 0 Å². The second-order valence-corrected chi connectivity index (χ2v) is 6.96. The lowest BCUT2D eigenvalue weighted by Gasteiger charge is -2.35. The second-order valence-electron chi connectivity index (χ2n) is 6.96. The van der Waals surface area contributed by atoms with Crippen LogP contribution in [-0.2, 0) is 4.79 Å². The third kappa shape index (κ3) is 2.62. The fraction of sp³-hybridized carbons (Fsp3) is 0.286. The molecule has 0 bridgehead atoms. The molecule has 5 rings (SSSR count). The predicted octanol–water partition coefficient (Wildman–Crippen LogP) is 3.69. The molecule has 1 N–H and O–H groups in total. The highest BCUT2D eigenvalue weighted by molar-refractivity contribution is 6.00. The van der Waals surface area contributed by atoms with Crippen molar-refractivity contribution in [3.8, 4) is 5.75 Å². The van der Waals surface area contributed by atoms with E-state index < -0.39 is 0 Å². The molecule has 0 radical (unpaired) electrons. The van der Waals surface area contributed by atoms with E-state index in [1.807, 2.05) is 43.3 Å². The van der Waals surface area contributed by atoms with E-state index in [2.05, 4.69) is 15.4 Å². The molecule has 0 amide bonds. The summed E-state index contributed by atoms with van der Waals surface area (Å²) in [5.74, 6) is 2.33. The summed E-state index contributed by atoms with van der Waals surface area (Å²) in [5.41, 5.74) is 2.53. The molecule has 2 aromatic heterocycles. The summed E-state index contributed by atoms with van der Waals surface area (Å²) in [6.07, 6.45) is 4.25. The first-order valence-electron chi connectivity index (χ1n) is 9.44. The number of ketones is 1. The van der Waals surface area contributed by atoms with Crippen molar-refractivity contribution in [3.05, 3.63) is 71.6 Å². The van der Waals surface area contributed by atoms with Gasteiger partial charge in [-0.1, -0.05) is 18.2 Å². The number of furan rings is 1. The zero-order chi connectivity index (χ0) is 19.1. The van der Waals surface area contributed by atoms with E-state index in [4.69, 9.17) is 9.15 Å². The normalized spacial score (nSPS) is 21.1. The van der Waals surface area contributed by atoms with Gasteiger partial charge in [0.2, 0.25) is 5.95 Å². The van der Waals surface area contributed by atoms with Gasteiger partial charge in [0.05, 0.1) is 12.9 Å². The molecule has 1 aliphatic carbocycles. The Morgan fingerprint density at radius 2 is 2.14 bits per heavy atom. The number of hydrogen-bond donors (Lipinski definition) is 1. The Morgan fingerprint density at radius 1 is 1.25 bits per heavy atom. The molecule has 1 aliphatic heterocycles. The SMILES string of the molecule is CCOc1ccccc1[C@H]1C2=C(C[C@@H](c3ccco3)CC2=O)Nc2ncnn21. The second kappa shape index (κ2) is 6.67. The van der Waals surface area contributed by atoms with Crippen molar-refractivity contribution in [2.45, 2.75) is 31.7 Å². The van der Waals surface area contributed by atoms with Crippen LogP contribution in [0.2, 0.25) is 0 Å². The van der Waals surface area contributed by atoms with E-state index in [-0.39, 0.29) is 17.7 Å². The number of fused-ring (bicyclic) bond motifs is 1. The fourth-order valence-corrected chi connectivity index (χ4v) is 4.16. The number of nitrogens with zero attached hydrogens (tertiary/aromatic N) is 3. The van der Waals surface area contributed by atoms with Crippen molar-refractivity contribution >= 4 is 11.7 Å². The average molecular weight is 376 g/mol. The molecule has 3 aromatic rings.